The first-order chi connectivity index (χ1) is 8.62. The Hall–Kier alpha value is -0.940. The molecule has 1 heterocycles. The topological polar surface area (TPSA) is 41.9 Å². The van der Waals surface area contributed by atoms with Crippen molar-refractivity contribution in [2.45, 2.75) is 17.8 Å². The van der Waals surface area contributed by atoms with Crippen LogP contribution in [0.5, 0.6) is 0 Å². The number of rotatable bonds is 3. The highest BCUT2D eigenvalue weighted by molar-refractivity contribution is 5.27. The Morgan fingerprint density at radius 1 is 1.11 bits per heavy atom. The molecule has 0 radical (unpaired) electrons. The molecule has 1 fully saturated rings. The lowest BCUT2D eigenvalue weighted by atomic mass is 9.80. The van der Waals surface area contributed by atoms with E-state index in [1.165, 1.54) is 0 Å². The molecule has 0 spiro atoms. The van der Waals surface area contributed by atoms with Crippen LogP contribution in [0.4, 0.5) is 0 Å². The first kappa shape index (κ1) is 13.5. The van der Waals surface area contributed by atoms with Crippen molar-refractivity contribution in [2.75, 3.05) is 34.4 Å². The smallest absolute Gasteiger partial charge is 0.144 e. The third-order valence-electron chi connectivity index (χ3n) is 3.74. The number of hydrogen-bond acceptors (Lipinski definition) is 4. The molecule has 4 nitrogen and oxygen atoms in total. The maximum Gasteiger partial charge on any atom is 0.144 e. The van der Waals surface area contributed by atoms with Gasteiger partial charge in [0.25, 0.3) is 0 Å². The molecule has 1 aromatic rings. The van der Waals surface area contributed by atoms with Crippen LogP contribution in [-0.4, -0.2) is 56.6 Å². The molecule has 4 heteroatoms. The van der Waals surface area contributed by atoms with Crippen LogP contribution in [0.15, 0.2) is 30.3 Å². The number of aliphatic hydroxyl groups is 1. The van der Waals surface area contributed by atoms with Crippen LogP contribution < -0.4 is 0 Å². The Morgan fingerprint density at radius 3 is 2.06 bits per heavy atom. The molecule has 18 heavy (non-hydrogen) atoms. The highest BCUT2D eigenvalue weighted by Gasteiger charge is 2.50. The third kappa shape index (κ3) is 2.17. The van der Waals surface area contributed by atoms with Crippen molar-refractivity contribution in [3.63, 3.8) is 0 Å². The number of likely N-dealkylation sites (tertiary alicyclic amines) is 1. The van der Waals surface area contributed by atoms with Gasteiger partial charge in [-0.1, -0.05) is 30.3 Å². The fourth-order valence-corrected chi connectivity index (χ4v) is 2.71. The van der Waals surface area contributed by atoms with E-state index in [0.717, 1.165) is 5.56 Å². The molecule has 0 saturated carbocycles. The lowest BCUT2D eigenvalue weighted by molar-refractivity contribution is -0.204. The second-order valence-electron chi connectivity index (χ2n) is 4.86. The highest BCUT2D eigenvalue weighted by atomic mass is 16.5. The van der Waals surface area contributed by atoms with Crippen LogP contribution in [0, 0.1) is 0 Å². The number of nitrogens with zero attached hydrogens (tertiary/aromatic N) is 1. The summed E-state index contributed by atoms with van der Waals surface area (Å²) in [5, 5.41) is 11.1. The summed E-state index contributed by atoms with van der Waals surface area (Å²) in [6, 6.07) is 9.62. The van der Waals surface area contributed by atoms with Crippen molar-refractivity contribution in [2.24, 2.45) is 0 Å². The normalized spacial score (nSPS) is 33.6. The molecule has 0 bridgehead atoms. The van der Waals surface area contributed by atoms with E-state index in [0.29, 0.717) is 13.1 Å². The molecule has 1 N–H and O–H groups in total. The van der Waals surface area contributed by atoms with Gasteiger partial charge < -0.3 is 19.5 Å². The number of benzene rings is 1. The number of methoxy groups -OCH3 is 2. The standard InChI is InChI=1S/C14H21NO3/c1-15-9-12(17-2)14(16,13(10-15)18-3)11-7-5-4-6-8-11/h4-8,12-13,16H,9-10H2,1-3H3. The van der Waals surface area contributed by atoms with Crippen LogP contribution in [0.1, 0.15) is 5.56 Å². The zero-order chi connectivity index (χ0) is 13.2. The summed E-state index contributed by atoms with van der Waals surface area (Å²) in [4.78, 5) is 2.11. The van der Waals surface area contributed by atoms with Gasteiger partial charge in [0.05, 0.1) is 0 Å². The molecule has 0 amide bonds. The van der Waals surface area contributed by atoms with Crippen molar-refractivity contribution in [1.29, 1.82) is 0 Å². The SMILES string of the molecule is COC1CN(C)CC(OC)C1(O)c1ccccc1. The van der Waals surface area contributed by atoms with Crippen molar-refractivity contribution in [1.82, 2.24) is 4.90 Å². The van der Waals surface area contributed by atoms with Crippen molar-refractivity contribution >= 4 is 0 Å². The summed E-state index contributed by atoms with van der Waals surface area (Å²) in [6.07, 6.45) is -0.604. The maximum atomic E-state index is 11.1. The van der Waals surface area contributed by atoms with Crippen LogP contribution in [0.25, 0.3) is 0 Å². The van der Waals surface area contributed by atoms with Gasteiger partial charge in [0.2, 0.25) is 0 Å². The van der Waals surface area contributed by atoms with Crippen molar-refractivity contribution in [3.05, 3.63) is 35.9 Å². The van der Waals surface area contributed by atoms with Gasteiger partial charge in [0, 0.05) is 27.3 Å². The monoisotopic (exact) mass is 251 g/mol. The Kier molecular flexibility index (Phi) is 4.02. The molecular weight excluding hydrogens is 230 g/mol. The van der Waals surface area contributed by atoms with Crippen LogP contribution in [-0.2, 0) is 15.1 Å². The zero-order valence-electron chi connectivity index (χ0n) is 11.2. The Bertz CT molecular complexity index is 368. The quantitative estimate of drug-likeness (QED) is 0.865. The fraction of sp³-hybridized carbons (Fsp3) is 0.571. The number of ether oxygens (including phenoxy) is 2. The van der Waals surface area contributed by atoms with E-state index in [1.54, 1.807) is 14.2 Å². The molecule has 2 atom stereocenters. The van der Waals surface area contributed by atoms with Gasteiger partial charge in [0.15, 0.2) is 0 Å². The van der Waals surface area contributed by atoms with Crippen molar-refractivity contribution in [3.8, 4) is 0 Å². The van der Waals surface area contributed by atoms with Gasteiger partial charge in [-0.15, -0.1) is 0 Å². The molecule has 0 aliphatic carbocycles. The first-order valence-corrected chi connectivity index (χ1v) is 6.15. The molecule has 2 unspecified atom stereocenters. The number of piperidine rings is 1. The van der Waals surface area contributed by atoms with E-state index in [9.17, 15) is 5.11 Å². The average Bonchev–Trinajstić information content (AvgIpc) is 2.41. The summed E-state index contributed by atoms with van der Waals surface area (Å²) >= 11 is 0. The lowest BCUT2D eigenvalue weighted by Gasteiger charge is -2.47. The summed E-state index contributed by atoms with van der Waals surface area (Å²) in [7, 11) is 5.26. The van der Waals surface area contributed by atoms with E-state index >= 15 is 0 Å². The Balaban J connectivity index is 2.41. The largest absolute Gasteiger partial charge is 0.380 e. The number of hydrogen-bond donors (Lipinski definition) is 1. The summed E-state index contributed by atoms with van der Waals surface area (Å²) < 4.78 is 11.0. The average molecular weight is 251 g/mol. The number of likely N-dealkylation sites (N-methyl/N-ethyl adjacent to an activating group) is 1. The minimum absolute atomic E-state index is 0.302. The van der Waals surface area contributed by atoms with Gasteiger partial charge >= 0.3 is 0 Å². The predicted molar refractivity (Wildman–Crippen MR) is 69.4 cm³/mol. The summed E-state index contributed by atoms with van der Waals surface area (Å²) in [5.41, 5.74) is -0.256. The van der Waals surface area contributed by atoms with Crippen LogP contribution in [0.3, 0.4) is 0 Å². The zero-order valence-corrected chi connectivity index (χ0v) is 11.2. The minimum atomic E-state index is -1.10. The minimum Gasteiger partial charge on any atom is -0.380 e. The summed E-state index contributed by atoms with van der Waals surface area (Å²) in [5.74, 6) is 0. The molecule has 1 aliphatic rings. The van der Waals surface area contributed by atoms with Crippen LogP contribution >= 0.6 is 0 Å². The lowest BCUT2D eigenvalue weighted by Crippen LogP contribution is -2.62. The van der Waals surface area contributed by atoms with E-state index in [4.69, 9.17) is 9.47 Å². The van der Waals surface area contributed by atoms with E-state index in [-0.39, 0.29) is 12.2 Å². The molecular formula is C14H21NO3. The molecule has 100 valence electrons. The second-order valence-corrected chi connectivity index (χ2v) is 4.86. The fourth-order valence-electron chi connectivity index (χ4n) is 2.71. The van der Waals surface area contributed by atoms with Gasteiger partial charge in [-0.05, 0) is 12.6 Å². The predicted octanol–water partition coefficient (Wildman–Crippen LogP) is 0.850. The van der Waals surface area contributed by atoms with Gasteiger partial charge in [-0.2, -0.15) is 0 Å². The molecule has 1 aliphatic heterocycles. The molecule has 1 saturated heterocycles. The van der Waals surface area contributed by atoms with Gasteiger partial charge in [-0.25, -0.2) is 0 Å². The van der Waals surface area contributed by atoms with E-state index in [1.807, 2.05) is 37.4 Å². The first-order valence-electron chi connectivity index (χ1n) is 6.15. The molecule has 0 aromatic heterocycles. The van der Waals surface area contributed by atoms with E-state index in [2.05, 4.69) is 4.90 Å². The van der Waals surface area contributed by atoms with Gasteiger partial charge in [-0.3, -0.25) is 0 Å². The van der Waals surface area contributed by atoms with Crippen LogP contribution in [0.2, 0.25) is 0 Å². The molecule has 1 aromatic carbocycles. The Labute approximate surface area is 108 Å². The Morgan fingerprint density at radius 2 is 1.61 bits per heavy atom. The molecule has 2 rings (SSSR count). The van der Waals surface area contributed by atoms with E-state index < -0.39 is 5.60 Å². The highest BCUT2D eigenvalue weighted by Crippen LogP contribution is 2.35. The maximum absolute atomic E-state index is 11.1. The summed E-state index contributed by atoms with van der Waals surface area (Å²) in [6.45, 7) is 1.36. The van der Waals surface area contributed by atoms with Gasteiger partial charge in [0.1, 0.15) is 17.8 Å². The second kappa shape index (κ2) is 5.36. The van der Waals surface area contributed by atoms with Crippen molar-refractivity contribution < 1.29 is 14.6 Å². The third-order valence-corrected chi connectivity index (χ3v) is 3.74.